The molecule has 0 bridgehead atoms. The summed E-state index contributed by atoms with van der Waals surface area (Å²) in [5, 5.41) is 12.7. The molecule has 0 fully saturated rings. The molecule has 140 valence electrons. The molecule has 0 unspecified atom stereocenters. The van der Waals surface area contributed by atoms with E-state index in [1.165, 1.54) is 17.3 Å². The van der Waals surface area contributed by atoms with Gasteiger partial charge < -0.3 is 5.32 Å². The van der Waals surface area contributed by atoms with Crippen molar-refractivity contribution in [1.82, 2.24) is 14.8 Å². The van der Waals surface area contributed by atoms with Gasteiger partial charge in [0.2, 0.25) is 5.91 Å². The molecule has 27 heavy (non-hydrogen) atoms. The third-order valence-electron chi connectivity index (χ3n) is 3.88. The Morgan fingerprint density at radius 3 is 2.41 bits per heavy atom. The number of halogens is 2. The highest BCUT2D eigenvalue weighted by molar-refractivity contribution is 7.99. The lowest BCUT2D eigenvalue weighted by atomic mass is 10.1. The average Bonchev–Trinajstić information content (AvgIpc) is 3.00. The van der Waals surface area contributed by atoms with Gasteiger partial charge in [-0.1, -0.05) is 54.0 Å². The van der Waals surface area contributed by atoms with Crippen LogP contribution in [0.25, 0.3) is 5.69 Å². The summed E-state index contributed by atoms with van der Waals surface area (Å²) in [6, 6.07) is 13.1. The number of aromatic nitrogens is 3. The van der Waals surface area contributed by atoms with E-state index in [-0.39, 0.29) is 11.7 Å². The third-order valence-corrected chi connectivity index (χ3v) is 5.24. The van der Waals surface area contributed by atoms with Crippen molar-refractivity contribution in [2.45, 2.75) is 25.4 Å². The predicted molar refractivity (Wildman–Crippen MR) is 111 cm³/mol. The Balaban J connectivity index is 1.70. The molecule has 3 aromatic rings. The lowest BCUT2D eigenvalue weighted by Crippen LogP contribution is -2.14. The van der Waals surface area contributed by atoms with Crippen molar-refractivity contribution < 1.29 is 4.79 Å². The van der Waals surface area contributed by atoms with E-state index in [2.05, 4.69) is 34.6 Å². The van der Waals surface area contributed by atoms with Crippen LogP contribution >= 0.6 is 35.0 Å². The molecule has 1 amide bonds. The summed E-state index contributed by atoms with van der Waals surface area (Å²) in [5.41, 5.74) is 2.79. The molecule has 0 saturated carbocycles. The molecular formula is C19H18Cl2N4OS. The highest BCUT2D eigenvalue weighted by atomic mass is 35.5. The number of carbonyl (C=O) groups excluding carboxylic acids is 1. The van der Waals surface area contributed by atoms with Gasteiger partial charge in [-0.2, -0.15) is 0 Å². The minimum Gasteiger partial charge on any atom is -0.325 e. The second-order valence-corrected chi connectivity index (χ2v) is 7.70. The largest absolute Gasteiger partial charge is 0.325 e. The highest BCUT2D eigenvalue weighted by Gasteiger charge is 2.14. The minimum absolute atomic E-state index is 0.174. The number of rotatable bonds is 6. The van der Waals surface area contributed by atoms with E-state index in [9.17, 15) is 4.79 Å². The van der Waals surface area contributed by atoms with Crippen molar-refractivity contribution in [3.05, 3.63) is 63.9 Å². The molecule has 1 heterocycles. The molecular weight excluding hydrogens is 403 g/mol. The van der Waals surface area contributed by atoms with E-state index in [1.54, 1.807) is 18.2 Å². The molecule has 0 aliphatic rings. The first kappa shape index (κ1) is 19.7. The molecule has 1 aromatic heterocycles. The minimum atomic E-state index is -0.174. The van der Waals surface area contributed by atoms with Crippen LogP contribution in [-0.4, -0.2) is 26.4 Å². The number of nitrogens with zero attached hydrogens (tertiary/aromatic N) is 3. The van der Waals surface area contributed by atoms with Crippen LogP contribution in [0.3, 0.4) is 0 Å². The maximum absolute atomic E-state index is 12.3. The van der Waals surface area contributed by atoms with Crippen LogP contribution in [0.2, 0.25) is 10.0 Å². The lowest BCUT2D eigenvalue weighted by Gasteiger charge is -2.09. The van der Waals surface area contributed by atoms with Crippen LogP contribution < -0.4 is 5.32 Å². The van der Waals surface area contributed by atoms with Gasteiger partial charge in [0.1, 0.15) is 5.82 Å². The number of carbonyl (C=O) groups is 1. The summed E-state index contributed by atoms with van der Waals surface area (Å²) in [4.78, 5) is 12.3. The fraction of sp³-hybridized carbons (Fsp3) is 0.211. The smallest absolute Gasteiger partial charge is 0.234 e. The van der Waals surface area contributed by atoms with Gasteiger partial charge in [0, 0.05) is 21.4 Å². The molecule has 0 atom stereocenters. The van der Waals surface area contributed by atoms with Gasteiger partial charge >= 0.3 is 0 Å². The quantitative estimate of drug-likeness (QED) is 0.558. The van der Waals surface area contributed by atoms with Crippen LogP contribution in [0.4, 0.5) is 5.69 Å². The summed E-state index contributed by atoms with van der Waals surface area (Å²) in [6.45, 7) is 4.00. The molecule has 0 spiro atoms. The zero-order valence-electron chi connectivity index (χ0n) is 14.9. The summed E-state index contributed by atoms with van der Waals surface area (Å²) in [7, 11) is 0. The zero-order chi connectivity index (χ0) is 19.4. The SMILES string of the molecule is CCc1ccc(-n2c(C)nnc2SCC(=O)Nc2cc(Cl)cc(Cl)c2)cc1. The van der Waals surface area contributed by atoms with E-state index < -0.39 is 0 Å². The summed E-state index contributed by atoms with van der Waals surface area (Å²) >= 11 is 13.2. The Morgan fingerprint density at radius 2 is 1.78 bits per heavy atom. The monoisotopic (exact) mass is 420 g/mol. The summed E-state index contributed by atoms with van der Waals surface area (Å²) in [6.07, 6.45) is 0.983. The van der Waals surface area contributed by atoms with Crippen molar-refractivity contribution in [2.24, 2.45) is 0 Å². The van der Waals surface area contributed by atoms with Crippen molar-refractivity contribution in [2.75, 3.05) is 11.1 Å². The fourth-order valence-electron chi connectivity index (χ4n) is 2.57. The maximum Gasteiger partial charge on any atom is 0.234 e. The molecule has 0 saturated heterocycles. The summed E-state index contributed by atoms with van der Waals surface area (Å²) in [5.74, 6) is 0.783. The number of hydrogen-bond acceptors (Lipinski definition) is 4. The Hall–Kier alpha value is -2.02. The second-order valence-electron chi connectivity index (χ2n) is 5.88. The number of benzene rings is 2. The van der Waals surface area contributed by atoms with Crippen molar-refractivity contribution in [3.63, 3.8) is 0 Å². The molecule has 1 N–H and O–H groups in total. The van der Waals surface area contributed by atoms with Crippen LogP contribution in [0.15, 0.2) is 47.6 Å². The second kappa shape index (κ2) is 8.78. The van der Waals surface area contributed by atoms with Crippen LogP contribution in [-0.2, 0) is 11.2 Å². The normalized spacial score (nSPS) is 10.8. The van der Waals surface area contributed by atoms with E-state index >= 15 is 0 Å². The van der Waals surface area contributed by atoms with Gasteiger partial charge in [-0.3, -0.25) is 9.36 Å². The Labute approximate surface area is 172 Å². The van der Waals surface area contributed by atoms with Crippen molar-refractivity contribution >= 4 is 46.6 Å². The van der Waals surface area contributed by atoms with Crippen LogP contribution in [0, 0.1) is 6.92 Å². The zero-order valence-corrected chi connectivity index (χ0v) is 17.2. The number of amides is 1. The predicted octanol–water partition coefficient (Wildman–Crippen LogP) is 5.18. The Kier molecular flexibility index (Phi) is 6.42. The van der Waals surface area contributed by atoms with Crippen LogP contribution in [0.1, 0.15) is 18.3 Å². The Morgan fingerprint density at radius 1 is 1.11 bits per heavy atom. The molecule has 2 aromatic carbocycles. The number of hydrogen-bond donors (Lipinski definition) is 1. The van der Waals surface area contributed by atoms with E-state index in [0.717, 1.165) is 17.9 Å². The van der Waals surface area contributed by atoms with Crippen molar-refractivity contribution in [1.29, 1.82) is 0 Å². The molecule has 8 heteroatoms. The van der Waals surface area contributed by atoms with Gasteiger partial charge in [-0.15, -0.1) is 10.2 Å². The molecule has 0 aliphatic heterocycles. The molecule has 0 aliphatic carbocycles. The highest BCUT2D eigenvalue weighted by Crippen LogP contribution is 2.24. The molecule has 0 radical (unpaired) electrons. The topological polar surface area (TPSA) is 59.8 Å². The number of thioether (sulfide) groups is 1. The maximum atomic E-state index is 12.3. The van der Waals surface area contributed by atoms with Gasteiger partial charge in [-0.05, 0) is 49.2 Å². The average molecular weight is 421 g/mol. The van der Waals surface area contributed by atoms with Crippen LogP contribution in [0.5, 0.6) is 0 Å². The first-order valence-electron chi connectivity index (χ1n) is 8.36. The number of nitrogens with one attached hydrogen (secondary N) is 1. The first-order valence-corrected chi connectivity index (χ1v) is 10.1. The number of anilines is 1. The van der Waals surface area contributed by atoms with Gasteiger partial charge in [-0.25, -0.2) is 0 Å². The third kappa shape index (κ3) is 5.03. The van der Waals surface area contributed by atoms with E-state index in [0.29, 0.717) is 20.9 Å². The standard InChI is InChI=1S/C19H18Cl2N4OS/c1-3-13-4-6-17(7-5-13)25-12(2)23-24-19(25)27-11-18(26)22-16-9-14(20)8-15(21)10-16/h4-10H,3,11H2,1-2H3,(H,22,26). The van der Waals surface area contributed by atoms with Gasteiger partial charge in [0.15, 0.2) is 5.16 Å². The van der Waals surface area contributed by atoms with Gasteiger partial charge in [0.25, 0.3) is 0 Å². The molecule has 5 nitrogen and oxygen atoms in total. The number of aryl methyl sites for hydroxylation is 2. The molecule has 3 rings (SSSR count). The first-order chi connectivity index (χ1) is 13.0. The van der Waals surface area contributed by atoms with E-state index in [4.69, 9.17) is 23.2 Å². The Bertz CT molecular complexity index is 937. The van der Waals surface area contributed by atoms with Gasteiger partial charge in [0.05, 0.1) is 5.75 Å². The lowest BCUT2D eigenvalue weighted by molar-refractivity contribution is -0.113. The van der Waals surface area contributed by atoms with Crippen molar-refractivity contribution in [3.8, 4) is 5.69 Å². The van der Waals surface area contributed by atoms with E-state index in [1.807, 2.05) is 23.6 Å². The fourth-order valence-corrected chi connectivity index (χ4v) is 3.89. The summed E-state index contributed by atoms with van der Waals surface area (Å²) < 4.78 is 1.94.